The van der Waals surface area contributed by atoms with Crippen LogP contribution in [0.3, 0.4) is 0 Å². The zero-order valence-corrected chi connectivity index (χ0v) is 9.59. The van der Waals surface area contributed by atoms with Gasteiger partial charge in [-0.3, -0.25) is 0 Å². The first-order valence-electron chi connectivity index (χ1n) is 5.37. The van der Waals surface area contributed by atoms with Gasteiger partial charge in [-0.2, -0.15) is 0 Å². The maximum atomic E-state index is 9.94. The minimum atomic E-state index is -0.825. The topological polar surface area (TPSA) is 86.7 Å². The highest BCUT2D eigenvalue weighted by molar-refractivity contribution is 5.41. The third-order valence-corrected chi connectivity index (χ3v) is 2.49. The molecule has 0 fully saturated rings. The molecule has 2 atom stereocenters. The molecule has 0 radical (unpaired) electrons. The molecule has 0 spiro atoms. The molecule has 4 nitrogen and oxygen atoms in total. The van der Waals surface area contributed by atoms with Gasteiger partial charge >= 0.3 is 0 Å². The first kappa shape index (κ1) is 12.8. The summed E-state index contributed by atoms with van der Waals surface area (Å²) in [6.07, 6.45) is -0.128. The standard InChI is InChI=1S/C12H19NO3/c1-7(2)5-9(13)12(16)8-3-4-10(14)11(15)6-8/h3-4,6-7,9,12,14-16H,5,13H2,1-2H3. The lowest BCUT2D eigenvalue weighted by Gasteiger charge is -2.21. The Balaban J connectivity index is 2.79. The highest BCUT2D eigenvalue weighted by atomic mass is 16.3. The maximum Gasteiger partial charge on any atom is 0.157 e. The quantitative estimate of drug-likeness (QED) is 0.585. The first-order chi connectivity index (χ1) is 7.41. The van der Waals surface area contributed by atoms with Crippen LogP contribution in [0.25, 0.3) is 0 Å². The van der Waals surface area contributed by atoms with Gasteiger partial charge in [0.25, 0.3) is 0 Å². The van der Waals surface area contributed by atoms with E-state index in [9.17, 15) is 10.2 Å². The fraction of sp³-hybridized carbons (Fsp3) is 0.500. The number of aliphatic hydroxyl groups is 1. The third-order valence-electron chi connectivity index (χ3n) is 2.49. The van der Waals surface area contributed by atoms with Crippen molar-refractivity contribution in [3.8, 4) is 11.5 Å². The Kier molecular flexibility index (Phi) is 4.15. The number of hydrogen-bond donors (Lipinski definition) is 4. The average Bonchev–Trinajstić information content (AvgIpc) is 2.20. The van der Waals surface area contributed by atoms with E-state index in [1.54, 1.807) is 6.07 Å². The molecule has 0 heterocycles. The molecular formula is C12H19NO3. The lowest BCUT2D eigenvalue weighted by Crippen LogP contribution is -2.29. The van der Waals surface area contributed by atoms with E-state index >= 15 is 0 Å². The Hall–Kier alpha value is -1.26. The molecule has 0 aliphatic heterocycles. The van der Waals surface area contributed by atoms with Crippen molar-refractivity contribution in [1.29, 1.82) is 0 Å². The van der Waals surface area contributed by atoms with Crippen LogP contribution in [0, 0.1) is 5.92 Å². The van der Waals surface area contributed by atoms with Crippen molar-refractivity contribution in [1.82, 2.24) is 0 Å². The van der Waals surface area contributed by atoms with Crippen LogP contribution in [0.2, 0.25) is 0 Å². The molecular weight excluding hydrogens is 206 g/mol. The van der Waals surface area contributed by atoms with Crippen LogP contribution in [0.1, 0.15) is 31.9 Å². The van der Waals surface area contributed by atoms with Crippen molar-refractivity contribution in [3.63, 3.8) is 0 Å². The molecule has 0 bridgehead atoms. The number of phenolic OH excluding ortho intramolecular Hbond substituents is 2. The fourth-order valence-corrected chi connectivity index (χ4v) is 1.64. The minimum Gasteiger partial charge on any atom is -0.504 e. The van der Waals surface area contributed by atoms with Crippen LogP contribution >= 0.6 is 0 Å². The maximum absolute atomic E-state index is 9.94. The SMILES string of the molecule is CC(C)CC(N)C(O)c1ccc(O)c(O)c1. The second-order valence-corrected chi connectivity index (χ2v) is 4.49. The van der Waals surface area contributed by atoms with E-state index in [2.05, 4.69) is 0 Å². The van der Waals surface area contributed by atoms with E-state index in [0.29, 0.717) is 17.9 Å². The van der Waals surface area contributed by atoms with Crippen LogP contribution in [0.5, 0.6) is 11.5 Å². The van der Waals surface area contributed by atoms with E-state index in [1.807, 2.05) is 13.8 Å². The summed E-state index contributed by atoms with van der Waals surface area (Å²) in [6, 6.07) is 3.86. The van der Waals surface area contributed by atoms with Crippen molar-refractivity contribution >= 4 is 0 Å². The molecule has 4 heteroatoms. The molecule has 0 aliphatic rings. The van der Waals surface area contributed by atoms with Crippen LogP contribution in [0.4, 0.5) is 0 Å². The summed E-state index contributed by atoms with van der Waals surface area (Å²) in [7, 11) is 0. The van der Waals surface area contributed by atoms with Gasteiger partial charge in [0.1, 0.15) is 0 Å². The van der Waals surface area contributed by atoms with Crippen molar-refractivity contribution in [3.05, 3.63) is 23.8 Å². The third kappa shape index (κ3) is 3.12. The van der Waals surface area contributed by atoms with E-state index in [1.165, 1.54) is 12.1 Å². The molecule has 5 N–H and O–H groups in total. The van der Waals surface area contributed by atoms with Crippen LogP contribution in [-0.2, 0) is 0 Å². The molecule has 0 saturated carbocycles. The first-order valence-corrected chi connectivity index (χ1v) is 5.37. The summed E-state index contributed by atoms with van der Waals surface area (Å²) in [6.45, 7) is 4.06. The number of phenols is 2. The predicted octanol–water partition coefficient (Wildman–Crippen LogP) is 1.50. The second kappa shape index (κ2) is 5.18. The summed E-state index contributed by atoms with van der Waals surface area (Å²) >= 11 is 0. The largest absolute Gasteiger partial charge is 0.504 e. The summed E-state index contributed by atoms with van der Waals surface area (Å²) in [4.78, 5) is 0. The number of aliphatic hydroxyl groups excluding tert-OH is 1. The number of benzene rings is 1. The van der Waals surface area contributed by atoms with E-state index < -0.39 is 6.10 Å². The number of aromatic hydroxyl groups is 2. The van der Waals surface area contributed by atoms with E-state index in [-0.39, 0.29) is 17.5 Å². The smallest absolute Gasteiger partial charge is 0.157 e. The summed E-state index contributed by atoms with van der Waals surface area (Å²) in [5, 5.41) is 28.4. The molecule has 0 amide bonds. The fourth-order valence-electron chi connectivity index (χ4n) is 1.64. The van der Waals surface area contributed by atoms with Crippen molar-refractivity contribution in [2.24, 2.45) is 11.7 Å². The van der Waals surface area contributed by atoms with Crippen LogP contribution in [0.15, 0.2) is 18.2 Å². The van der Waals surface area contributed by atoms with Gasteiger partial charge in [0.15, 0.2) is 11.5 Å². The van der Waals surface area contributed by atoms with E-state index in [0.717, 1.165) is 0 Å². The Morgan fingerprint density at radius 2 is 1.81 bits per heavy atom. The van der Waals surface area contributed by atoms with Crippen LogP contribution in [-0.4, -0.2) is 21.4 Å². The highest BCUT2D eigenvalue weighted by Crippen LogP contribution is 2.29. The zero-order valence-electron chi connectivity index (χ0n) is 9.59. The Morgan fingerprint density at radius 3 is 2.31 bits per heavy atom. The molecule has 1 aromatic carbocycles. The summed E-state index contributed by atoms with van der Waals surface area (Å²) < 4.78 is 0. The van der Waals surface area contributed by atoms with Gasteiger partial charge < -0.3 is 21.1 Å². The number of rotatable bonds is 4. The van der Waals surface area contributed by atoms with E-state index in [4.69, 9.17) is 10.8 Å². The van der Waals surface area contributed by atoms with Gasteiger partial charge in [-0.05, 0) is 30.0 Å². The zero-order chi connectivity index (χ0) is 12.3. The molecule has 1 rings (SSSR count). The Labute approximate surface area is 95.3 Å². The summed E-state index contributed by atoms with van der Waals surface area (Å²) in [5.41, 5.74) is 6.36. The Bertz CT molecular complexity index is 352. The van der Waals surface area contributed by atoms with Gasteiger partial charge in [-0.25, -0.2) is 0 Å². The lowest BCUT2D eigenvalue weighted by atomic mass is 9.95. The van der Waals surface area contributed by atoms with Crippen molar-refractivity contribution < 1.29 is 15.3 Å². The van der Waals surface area contributed by atoms with Gasteiger partial charge in [0.2, 0.25) is 0 Å². The molecule has 0 aromatic heterocycles. The number of nitrogens with two attached hydrogens (primary N) is 1. The van der Waals surface area contributed by atoms with Gasteiger partial charge in [-0.1, -0.05) is 19.9 Å². The molecule has 1 aromatic rings. The lowest BCUT2D eigenvalue weighted by molar-refractivity contribution is 0.135. The monoisotopic (exact) mass is 225 g/mol. The normalized spacial score (nSPS) is 15.1. The van der Waals surface area contributed by atoms with Crippen molar-refractivity contribution in [2.75, 3.05) is 0 Å². The molecule has 16 heavy (non-hydrogen) atoms. The molecule has 2 unspecified atom stereocenters. The predicted molar refractivity (Wildman–Crippen MR) is 62.2 cm³/mol. The molecule has 0 saturated heterocycles. The minimum absolute atomic E-state index is 0.201. The van der Waals surface area contributed by atoms with Crippen molar-refractivity contribution in [2.45, 2.75) is 32.4 Å². The average molecular weight is 225 g/mol. The van der Waals surface area contributed by atoms with Gasteiger partial charge in [0.05, 0.1) is 6.10 Å². The molecule has 90 valence electrons. The second-order valence-electron chi connectivity index (χ2n) is 4.49. The van der Waals surface area contributed by atoms with Gasteiger partial charge in [-0.15, -0.1) is 0 Å². The highest BCUT2D eigenvalue weighted by Gasteiger charge is 2.18. The summed E-state index contributed by atoms with van der Waals surface area (Å²) in [5.74, 6) is -0.0444. The van der Waals surface area contributed by atoms with Gasteiger partial charge in [0, 0.05) is 6.04 Å². The van der Waals surface area contributed by atoms with Crippen LogP contribution < -0.4 is 5.73 Å². The number of hydrogen-bond acceptors (Lipinski definition) is 4. The Morgan fingerprint density at radius 1 is 1.19 bits per heavy atom. The molecule has 0 aliphatic carbocycles.